The van der Waals surface area contributed by atoms with Gasteiger partial charge in [0, 0.05) is 5.69 Å². The van der Waals surface area contributed by atoms with Crippen molar-refractivity contribution in [2.24, 2.45) is 5.41 Å². The molecule has 0 aliphatic carbocycles. The topological polar surface area (TPSA) is 35.8 Å². The fraction of sp³-hybridized carbons (Fsp3) is 0.278. The molecule has 0 aliphatic heterocycles. The summed E-state index contributed by atoms with van der Waals surface area (Å²) in [5, 5.41) is 12.5. The van der Waals surface area contributed by atoms with Crippen molar-refractivity contribution in [2.75, 3.05) is 5.32 Å². The fourth-order valence-corrected chi connectivity index (χ4v) is 2.25. The Bertz CT molecular complexity index is 586. The molecule has 2 aromatic carbocycles. The standard InChI is InChI=1S/C18H20N2/c1-18(2,3)17(20-16-7-5-4-6-8-16)15-11-9-14(13-19)10-12-15/h4-12,17,20H,1-3H3. The zero-order chi connectivity index (χ0) is 14.6. The van der Waals surface area contributed by atoms with E-state index >= 15 is 0 Å². The van der Waals surface area contributed by atoms with Crippen LogP contribution in [0.4, 0.5) is 5.69 Å². The van der Waals surface area contributed by atoms with Crippen LogP contribution in [0, 0.1) is 16.7 Å². The number of hydrogen-bond donors (Lipinski definition) is 1. The van der Waals surface area contributed by atoms with Crippen LogP contribution >= 0.6 is 0 Å². The Morgan fingerprint density at radius 2 is 1.55 bits per heavy atom. The van der Waals surface area contributed by atoms with Crippen LogP contribution in [0.2, 0.25) is 0 Å². The molecule has 0 radical (unpaired) electrons. The molecule has 102 valence electrons. The Morgan fingerprint density at radius 1 is 0.950 bits per heavy atom. The Hall–Kier alpha value is -2.27. The molecule has 1 unspecified atom stereocenters. The van der Waals surface area contributed by atoms with Gasteiger partial charge in [0.25, 0.3) is 0 Å². The third-order valence-corrected chi connectivity index (χ3v) is 3.32. The first-order valence-electron chi connectivity index (χ1n) is 6.82. The summed E-state index contributed by atoms with van der Waals surface area (Å²) < 4.78 is 0. The van der Waals surface area contributed by atoms with Crippen LogP contribution in [0.15, 0.2) is 54.6 Å². The molecule has 0 aromatic heterocycles. The summed E-state index contributed by atoms with van der Waals surface area (Å²) >= 11 is 0. The number of nitrogens with zero attached hydrogens (tertiary/aromatic N) is 1. The Balaban J connectivity index is 2.30. The minimum Gasteiger partial charge on any atom is -0.378 e. The second-order valence-electron chi connectivity index (χ2n) is 6.04. The van der Waals surface area contributed by atoms with Crippen LogP contribution < -0.4 is 5.32 Å². The van der Waals surface area contributed by atoms with E-state index in [2.05, 4.69) is 44.3 Å². The summed E-state index contributed by atoms with van der Waals surface area (Å²) in [5.74, 6) is 0. The van der Waals surface area contributed by atoms with Gasteiger partial charge < -0.3 is 5.32 Å². The van der Waals surface area contributed by atoms with Crippen molar-refractivity contribution in [3.63, 3.8) is 0 Å². The average Bonchev–Trinajstić information content (AvgIpc) is 2.45. The molecule has 2 nitrogen and oxygen atoms in total. The quantitative estimate of drug-likeness (QED) is 0.867. The van der Waals surface area contributed by atoms with Gasteiger partial charge in [0.2, 0.25) is 0 Å². The van der Waals surface area contributed by atoms with Crippen molar-refractivity contribution in [3.05, 3.63) is 65.7 Å². The molecule has 0 bridgehead atoms. The van der Waals surface area contributed by atoms with Crippen LogP contribution in [-0.2, 0) is 0 Å². The number of nitrogens with one attached hydrogen (secondary N) is 1. The summed E-state index contributed by atoms with van der Waals surface area (Å²) in [7, 11) is 0. The number of benzene rings is 2. The maximum absolute atomic E-state index is 8.90. The van der Waals surface area contributed by atoms with Crippen LogP contribution in [-0.4, -0.2) is 0 Å². The molecule has 0 fully saturated rings. The average molecular weight is 264 g/mol. The lowest BCUT2D eigenvalue weighted by Crippen LogP contribution is -2.25. The second kappa shape index (κ2) is 5.79. The van der Waals surface area contributed by atoms with Crippen molar-refractivity contribution in [1.82, 2.24) is 0 Å². The molecule has 0 saturated heterocycles. The molecule has 0 heterocycles. The monoisotopic (exact) mass is 264 g/mol. The number of hydrogen-bond acceptors (Lipinski definition) is 2. The Labute approximate surface area is 121 Å². The van der Waals surface area contributed by atoms with E-state index in [4.69, 9.17) is 5.26 Å². The smallest absolute Gasteiger partial charge is 0.0991 e. The molecular weight excluding hydrogens is 244 g/mol. The van der Waals surface area contributed by atoms with Crippen molar-refractivity contribution < 1.29 is 0 Å². The van der Waals surface area contributed by atoms with E-state index in [1.807, 2.05) is 42.5 Å². The van der Waals surface area contributed by atoms with Gasteiger partial charge in [0.1, 0.15) is 0 Å². The van der Waals surface area contributed by atoms with Gasteiger partial charge in [-0.2, -0.15) is 5.26 Å². The van der Waals surface area contributed by atoms with Crippen LogP contribution in [0.1, 0.15) is 37.9 Å². The molecule has 2 aromatic rings. The van der Waals surface area contributed by atoms with E-state index in [0.29, 0.717) is 5.56 Å². The molecular formula is C18H20N2. The van der Waals surface area contributed by atoms with E-state index in [0.717, 1.165) is 5.69 Å². The molecule has 0 spiro atoms. The minimum atomic E-state index is 0.0734. The number of para-hydroxylation sites is 1. The summed E-state index contributed by atoms with van der Waals surface area (Å²) in [6.07, 6.45) is 0. The highest BCUT2D eigenvalue weighted by molar-refractivity contribution is 5.46. The van der Waals surface area contributed by atoms with Gasteiger partial charge in [-0.25, -0.2) is 0 Å². The highest BCUT2D eigenvalue weighted by atomic mass is 14.9. The van der Waals surface area contributed by atoms with Crippen molar-refractivity contribution in [3.8, 4) is 6.07 Å². The van der Waals surface area contributed by atoms with E-state index in [9.17, 15) is 0 Å². The van der Waals surface area contributed by atoms with Gasteiger partial charge in [-0.1, -0.05) is 51.1 Å². The molecule has 2 rings (SSSR count). The number of nitriles is 1. The maximum Gasteiger partial charge on any atom is 0.0991 e. The summed E-state index contributed by atoms with van der Waals surface area (Å²) in [6, 6.07) is 20.4. The highest BCUT2D eigenvalue weighted by Gasteiger charge is 2.26. The third-order valence-electron chi connectivity index (χ3n) is 3.32. The molecule has 2 heteroatoms. The molecule has 0 aliphatic rings. The normalized spacial score (nSPS) is 12.5. The van der Waals surface area contributed by atoms with Gasteiger partial charge in [-0.15, -0.1) is 0 Å². The summed E-state index contributed by atoms with van der Waals surface area (Å²) in [5.41, 5.74) is 3.07. The van der Waals surface area contributed by atoms with E-state index < -0.39 is 0 Å². The van der Waals surface area contributed by atoms with Crippen molar-refractivity contribution in [1.29, 1.82) is 5.26 Å². The lowest BCUT2D eigenvalue weighted by Gasteiger charge is -2.33. The summed E-state index contributed by atoms with van der Waals surface area (Å²) in [6.45, 7) is 6.64. The van der Waals surface area contributed by atoms with Gasteiger partial charge in [0.05, 0.1) is 17.7 Å². The van der Waals surface area contributed by atoms with Crippen molar-refractivity contribution in [2.45, 2.75) is 26.8 Å². The first-order chi connectivity index (χ1) is 9.50. The maximum atomic E-state index is 8.90. The second-order valence-corrected chi connectivity index (χ2v) is 6.04. The van der Waals surface area contributed by atoms with Gasteiger partial charge in [0.15, 0.2) is 0 Å². The zero-order valence-electron chi connectivity index (χ0n) is 12.2. The minimum absolute atomic E-state index is 0.0734. The fourth-order valence-electron chi connectivity index (χ4n) is 2.25. The van der Waals surface area contributed by atoms with Crippen LogP contribution in [0.5, 0.6) is 0 Å². The van der Waals surface area contributed by atoms with Crippen LogP contribution in [0.25, 0.3) is 0 Å². The Kier molecular flexibility index (Phi) is 4.10. The zero-order valence-corrected chi connectivity index (χ0v) is 12.2. The molecule has 1 N–H and O–H groups in total. The van der Waals surface area contributed by atoms with Gasteiger partial charge >= 0.3 is 0 Å². The highest BCUT2D eigenvalue weighted by Crippen LogP contribution is 2.35. The predicted molar refractivity (Wildman–Crippen MR) is 83.4 cm³/mol. The predicted octanol–water partition coefficient (Wildman–Crippen LogP) is 4.76. The number of rotatable bonds is 3. The summed E-state index contributed by atoms with van der Waals surface area (Å²) in [4.78, 5) is 0. The molecule has 0 saturated carbocycles. The van der Waals surface area contributed by atoms with E-state index in [1.165, 1.54) is 5.56 Å². The molecule has 0 amide bonds. The van der Waals surface area contributed by atoms with Crippen molar-refractivity contribution >= 4 is 5.69 Å². The number of anilines is 1. The van der Waals surface area contributed by atoms with Gasteiger partial charge in [-0.3, -0.25) is 0 Å². The van der Waals surface area contributed by atoms with Crippen LogP contribution in [0.3, 0.4) is 0 Å². The SMILES string of the molecule is CC(C)(C)C(Nc1ccccc1)c1ccc(C#N)cc1. The third kappa shape index (κ3) is 3.39. The lowest BCUT2D eigenvalue weighted by molar-refractivity contribution is 0.347. The van der Waals surface area contributed by atoms with E-state index in [-0.39, 0.29) is 11.5 Å². The first kappa shape index (κ1) is 14.1. The first-order valence-corrected chi connectivity index (χ1v) is 6.82. The van der Waals surface area contributed by atoms with Gasteiger partial charge in [-0.05, 0) is 35.2 Å². The molecule has 1 atom stereocenters. The largest absolute Gasteiger partial charge is 0.378 e. The lowest BCUT2D eigenvalue weighted by atomic mass is 9.82. The van der Waals surface area contributed by atoms with E-state index in [1.54, 1.807) is 0 Å². The Morgan fingerprint density at radius 3 is 2.05 bits per heavy atom. The molecule has 20 heavy (non-hydrogen) atoms.